The van der Waals surface area contributed by atoms with Crippen LogP contribution in [0.1, 0.15) is 60.3 Å². The summed E-state index contributed by atoms with van der Waals surface area (Å²) in [6.07, 6.45) is 3.15. The Kier molecular flexibility index (Phi) is 5.65. The van der Waals surface area contributed by atoms with Crippen LogP contribution < -0.4 is 5.73 Å². The summed E-state index contributed by atoms with van der Waals surface area (Å²) in [4.78, 5) is 14.8. The zero-order valence-corrected chi connectivity index (χ0v) is 14.1. The van der Waals surface area contributed by atoms with Gasteiger partial charge in [0.2, 0.25) is 5.91 Å². The van der Waals surface area contributed by atoms with E-state index in [1.807, 2.05) is 18.7 Å². The van der Waals surface area contributed by atoms with Crippen LogP contribution in [0.5, 0.6) is 0 Å². The third kappa shape index (κ3) is 3.50. The smallest absolute Gasteiger partial charge is 0.236 e. The van der Waals surface area contributed by atoms with Crippen molar-refractivity contribution in [2.24, 2.45) is 27.6 Å². The summed E-state index contributed by atoms with van der Waals surface area (Å²) in [6, 6.07) is 0. The predicted octanol–water partition coefficient (Wildman–Crippen LogP) is 2.82. The van der Waals surface area contributed by atoms with E-state index >= 15 is 0 Å². The highest BCUT2D eigenvalue weighted by Crippen LogP contribution is 2.36. The van der Waals surface area contributed by atoms with E-state index in [0.29, 0.717) is 18.8 Å². The minimum Gasteiger partial charge on any atom is -0.409 e. The highest BCUT2D eigenvalue weighted by molar-refractivity contribution is 6.06. The molecule has 5 nitrogen and oxygen atoms in total. The number of amidine groups is 1. The van der Waals surface area contributed by atoms with Crippen molar-refractivity contribution in [1.82, 2.24) is 4.90 Å². The Balaban J connectivity index is 2.85. The Labute approximate surface area is 128 Å². The summed E-state index contributed by atoms with van der Waals surface area (Å²) in [5, 5.41) is 12.1. The molecule has 5 heteroatoms. The van der Waals surface area contributed by atoms with Gasteiger partial charge >= 0.3 is 0 Å². The molecule has 0 saturated carbocycles. The Morgan fingerprint density at radius 3 is 2.05 bits per heavy atom. The van der Waals surface area contributed by atoms with E-state index < -0.39 is 5.41 Å². The molecule has 1 amide bonds. The van der Waals surface area contributed by atoms with Crippen molar-refractivity contribution >= 4 is 11.7 Å². The van der Waals surface area contributed by atoms with Gasteiger partial charge in [-0.2, -0.15) is 0 Å². The lowest BCUT2D eigenvalue weighted by Gasteiger charge is -2.42. The molecule has 3 N–H and O–H groups in total. The molecule has 1 heterocycles. The molecular weight excluding hydrogens is 266 g/mol. The molecule has 1 aliphatic rings. The number of oxime groups is 1. The molecule has 1 saturated heterocycles. The van der Waals surface area contributed by atoms with E-state index in [4.69, 9.17) is 10.9 Å². The molecule has 0 aromatic heterocycles. The minimum atomic E-state index is -0.858. The first-order valence-corrected chi connectivity index (χ1v) is 8.00. The average Bonchev–Trinajstić information content (AvgIpc) is 2.47. The number of piperidine rings is 1. The van der Waals surface area contributed by atoms with Gasteiger partial charge < -0.3 is 15.8 Å². The molecule has 0 bridgehead atoms. The standard InChI is InChI=1S/C16H31N3O2/c1-6-16(7-2,13(17)18-21)14(20)19-10-8-12(9-11-19)15(3,4)5/h12,21H,6-11H2,1-5H3,(H2,17,18). The van der Waals surface area contributed by atoms with Gasteiger partial charge in [0.1, 0.15) is 5.41 Å². The maximum atomic E-state index is 12.9. The Morgan fingerprint density at radius 1 is 1.24 bits per heavy atom. The molecular formula is C16H31N3O2. The van der Waals surface area contributed by atoms with Gasteiger partial charge in [-0.25, -0.2) is 0 Å². The maximum absolute atomic E-state index is 12.9. The lowest BCUT2D eigenvalue weighted by Crippen LogP contribution is -2.53. The fourth-order valence-electron chi connectivity index (χ4n) is 3.37. The Hall–Kier alpha value is -1.26. The van der Waals surface area contributed by atoms with Crippen molar-refractivity contribution in [3.8, 4) is 0 Å². The van der Waals surface area contributed by atoms with Gasteiger partial charge in [-0.05, 0) is 37.0 Å². The molecule has 0 aromatic carbocycles. The zero-order valence-electron chi connectivity index (χ0n) is 14.1. The first kappa shape index (κ1) is 17.8. The number of nitrogens with two attached hydrogens (primary N) is 1. The van der Waals surface area contributed by atoms with Crippen LogP contribution in [0.4, 0.5) is 0 Å². The van der Waals surface area contributed by atoms with Crippen molar-refractivity contribution < 1.29 is 10.0 Å². The van der Waals surface area contributed by atoms with Gasteiger partial charge in [-0.3, -0.25) is 4.79 Å². The second kappa shape index (κ2) is 6.67. The molecule has 0 aromatic rings. The van der Waals surface area contributed by atoms with Crippen LogP contribution in [0.25, 0.3) is 0 Å². The van der Waals surface area contributed by atoms with Gasteiger partial charge in [-0.1, -0.05) is 39.8 Å². The van der Waals surface area contributed by atoms with Crippen molar-refractivity contribution in [1.29, 1.82) is 0 Å². The van der Waals surface area contributed by atoms with Crippen molar-refractivity contribution in [3.63, 3.8) is 0 Å². The molecule has 0 radical (unpaired) electrons. The second-order valence-corrected chi connectivity index (χ2v) is 7.21. The quantitative estimate of drug-likeness (QED) is 0.362. The lowest BCUT2D eigenvalue weighted by molar-refractivity contribution is -0.140. The first-order chi connectivity index (χ1) is 9.72. The lowest BCUT2D eigenvalue weighted by atomic mass is 9.74. The fourth-order valence-corrected chi connectivity index (χ4v) is 3.37. The number of rotatable bonds is 4. The molecule has 0 aliphatic carbocycles. The van der Waals surface area contributed by atoms with Gasteiger partial charge in [0, 0.05) is 13.1 Å². The van der Waals surface area contributed by atoms with Crippen LogP contribution >= 0.6 is 0 Å². The maximum Gasteiger partial charge on any atom is 0.236 e. The monoisotopic (exact) mass is 297 g/mol. The van der Waals surface area contributed by atoms with Gasteiger partial charge in [0.15, 0.2) is 5.84 Å². The van der Waals surface area contributed by atoms with E-state index in [-0.39, 0.29) is 17.2 Å². The fraction of sp³-hybridized carbons (Fsp3) is 0.875. The van der Waals surface area contributed by atoms with Crippen molar-refractivity contribution in [2.75, 3.05) is 13.1 Å². The predicted molar refractivity (Wildman–Crippen MR) is 85.2 cm³/mol. The highest BCUT2D eigenvalue weighted by Gasteiger charge is 2.43. The van der Waals surface area contributed by atoms with Crippen LogP contribution in [0.15, 0.2) is 5.16 Å². The zero-order chi connectivity index (χ0) is 16.3. The molecule has 0 unspecified atom stereocenters. The Bertz CT molecular complexity index is 387. The summed E-state index contributed by atoms with van der Waals surface area (Å²) in [5.74, 6) is 0.689. The van der Waals surface area contributed by atoms with Gasteiger partial charge in [-0.15, -0.1) is 0 Å². The SMILES string of the molecule is CCC(CC)(C(=O)N1CCC(C(C)(C)C)CC1)C(N)=NO. The number of hydrogen-bond donors (Lipinski definition) is 2. The summed E-state index contributed by atoms with van der Waals surface area (Å²) < 4.78 is 0. The topological polar surface area (TPSA) is 78.9 Å². The van der Waals surface area contributed by atoms with E-state index in [1.165, 1.54) is 0 Å². The van der Waals surface area contributed by atoms with Gasteiger partial charge in [0.05, 0.1) is 0 Å². The number of hydrogen-bond acceptors (Lipinski definition) is 3. The van der Waals surface area contributed by atoms with E-state index in [9.17, 15) is 4.79 Å². The molecule has 1 fully saturated rings. The Morgan fingerprint density at radius 2 is 1.71 bits per heavy atom. The van der Waals surface area contributed by atoms with Crippen molar-refractivity contribution in [3.05, 3.63) is 0 Å². The van der Waals surface area contributed by atoms with Crippen LogP contribution in [0.3, 0.4) is 0 Å². The van der Waals surface area contributed by atoms with Crippen LogP contribution in [-0.2, 0) is 4.79 Å². The second-order valence-electron chi connectivity index (χ2n) is 7.21. The third-order valence-electron chi connectivity index (χ3n) is 5.22. The van der Waals surface area contributed by atoms with Crippen LogP contribution in [-0.4, -0.2) is 34.9 Å². The molecule has 21 heavy (non-hydrogen) atoms. The number of nitrogens with zero attached hydrogens (tertiary/aromatic N) is 2. The molecule has 1 aliphatic heterocycles. The average molecular weight is 297 g/mol. The highest BCUT2D eigenvalue weighted by atomic mass is 16.4. The largest absolute Gasteiger partial charge is 0.409 e. The van der Waals surface area contributed by atoms with Crippen LogP contribution in [0.2, 0.25) is 0 Å². The number of carbonyl (C=O) groups is 1. The van der Waals surface area contributed by atoms with Gasteiger partial charge in [0.25, 0.3) is 0 Å². The normalized spacial score (nSPS) is 18.9. The number of amides is 1. The molecule has 1 rings (SSSR count). The van der Waals surface area contributed by atoms with Crippen LogP contribution in [0, 0.1) is 16.7 Å². The van der Waals surface area contributed by atoms with Crippen molar-refractivity contribution in [2.45, 2.75) is 60.3 Å². The molecule has 0 spiro atoms. The summed E-state index contributed by atoms with van der Waals surface area (Å²) in [7, 11) is 0. The summed E-state index contributed by atoms with van der Waals surface area (Å²) in [6.45, 7) is 12.1. The van der Waals surface area contributed by atoms with E-state index in [0.717, 1.165) is 25.9 Å². The molecule has 0 atom stereocenters. The third-order valence-corrected chi connectivity index (χ3v) is 5.22. The van der Waals surface area contributed by atoms with E-state index in [1.54, 1.807) is 0 Å². The summed E-state index contributed by atoms with van der Waals surface area (Å²) in [5.41, 5.74) is 5.26. The summed E-state index contributed by atoms with van der Waals surface area (Å²) >= 11 is 0. The minimum absolute atomic E-state index is 0.00941. The molecule has 122 valence electrons. The number of likely N-dealkylation sites (tertiary alicyclic amines) is 1. The first-order valence-electron chi connectivity index (χ1n) is 8.00. The number of carbonyl (C=O) groups excluding carboxylic acids is 1. The van der Waals surface area contributed by atoms with E-state index in [2.05, 4.69) is 25.9 Å².